The van der Waals surface area contributed by atoms with E-state index in [9.17, 15) is 4.79 Å². The third-order valence-electron chi connectivity index (χ3n) is 1.18. The molecule has 0 fully saturated rings. The molecule has 90 valence electrons. The molecular formula is C7H14O8. The molecule has 0 aliphatic heterocycles. The fourth-order valence-corrected chi connectivity index (χ4v) is 0.736. The minimum atomic E-state index is -1.50. The average molecular weight is 226 g/mol. The fraction of sp³-hybridized carbons (Fsp3) is 0.857. The molecule has 1 N–H and O–H groups in total. The van der Waals surface area contributed by atoms with Crippen molar-refractivity contribution in [3.05, 3.63) is 0 Å². The Kier molecular flexibility index (Phi) is 6.92. The Bertz CT molecular complexity index is 176. The molecule has 0 radical (unpaired) electrons. The monoisotopic (exact) mass is 226 g/mol. The van der Waals surface area contributed by atoms with Gasteiger partial charge in [-0.15, -0.1) is 4.89 Å². The van der Waals surface area contributed by atoms with Gasteiger partial charge in [-0.25, -0.2) is 4.89 Å². The molecule has 0 heterocycles. The van der Waals surface area contributed by atoms with Crippen molar-refractivity contribution in [2.45, 2.75) is 26.7 Å². The lowest BCUT2D eigenvalue weighted by Crippen LogP contribution is -2.36. The molecule has 0 aromatic carbocycles. The summed E-state index contributed by atoms with van der Waals surface area (Å²) in [6, 6.07) is 0. The Hall–Kier alpha value is -0.930. The molecule has 0 unspecified atom stereocenters. The Morgan fingerprint density at radius 1 is 1.27 bits per heavy atom. The molecule has 0 bridgehead atoms. The zero-order chi connectivity index (χ0) is 11.7. The van der Waals surface area contributed by atoms with Gasteiger partial charge in [-0.2, -0.15) is 10.1 Å². The minimum absolute atomic E-state index is 0.296. The van der Waals surface area contributed by atoms with Gasteiger partial charge in [-0.3, -0.25) is 4.89 Å². The van der Waals surface area contributed by atoms with E-state index >= 15 is 0 Å². The zero-order valence-corrected chi connectivity index (χ0v) is 8.72. The SMILES string of the molecule is CCOC(C)(OCC)OOOC(=O)OO. The summed E-state index contributed by atoms with van der Waals surface area (Å²) in [7, 11) is 0. The quantitative estimate of drug-likeness (QED) is 0.393. The van der Waals surface area contributed by atoms with Crippen LogP contribution >= 0.6 is 0 Å². The highest BCUT2D eigenvalue weighted by Crippen LogP contribution is 2.14. The predicted octanol–water partition coefficient (Wildman–Crippen LogP) is 1.22. The molecule has 0 aliphatic rings. The zero-order valence-electron chi connectivity index (χ0n) is 8.72. The second-order valence-corrected chi connectivity index (χ2v) is 2.30. The largest absolute Gasteiger partial charge is 0.575 e. The summed E-state index contributed by atoms with van der Waals surface area (Å²) in [5.74, 6) is -1.50. The van der Waals surface area contributed by atoms with Crippen LogP contribution in [0.4, 0.5) is 4.79 Å². The summed E-state index contributed by atoms with van der Waals surface area (Å²) < 4.78 is 10.0. The second-order valence-electron chi connectivity index (χ2n) is 2.30. The molecule has 15 heavy (non-hydrogen) atoms. The molecule has 0 aromatic heterocycles. The van der Waals surface area contributed by atoms with E-state index < -0.39 is 12.1 Å². The lowest BCUT2D eigenvalue weighted by Gasteiger charge is -2.25. The van der Waals surface area contributed by atoms with Crippen LogP contribution < -0.4 is 0 Å². The summed E-state index contributed by atoms with van der Waals surface area (Å²) in [4.78, 5) is 21.7. The summed E-state index contributed by atoms with van der Waals surface area (Å²) in [5.41, 5.74) is 0. The molecule has 0 rings (SSSR count). The lowest BCUT2D eigenvalue weighted by molar-refractivity contribution is -0.592. The van der Waals surface area contributed by atoms with Gasteiger partial charge in [0.15, 0.2) is 0 Å². The first kappa shape index (κ1) is 14.1. The van der Waals surface area contributed by atoms with Crippen LogP contribution in [-0.4, -0.2) is 30.6 Å². The van der Waals surface area contributed by atoms with Gasteiger partial charge in [0.1, 0.15) is 0 Å². The molecule has 0 saturated heterocycles. The third-order valence-corrected chi connectivity index (χ3v) is 1.18. The van der Waals surface area contributed by atoms with Crippen molar-refractivity contribution >= 4 is 6.16 Å². The molecule has 0 saturated carbocycles. The van der Waals surface area contributed by atoms with Crippen molar-refractivity contribution in [3.8, 4) is 0 Å². The number of ether oxygens (including phenoxy) is 2. The van der Waals surface area contributed by atoms with Crippen molar-refractivity contribution in [1.82, 2.24) is 0 Å². The van der Waals surface area contributed by atoms with Crippen molar-refractivity contribution in [2.24, 2.45) is 0 Å². The van der Waals surface area contributed by atoms with Crippen molar-refractivity contribution in [3.63, 3.8) is 0 Å². The average Bonchev–Trinajstić information content (AvgIpc) is 2.18. The highest BCUT2D eigenvalue weighted by Gasteiger charge is 2.29. The number of rotatable bonds is 7. The maximum absolute atomic E-state index is 10.2. The maximum Gasteiger partial charge on any atom is 0.575 e. The van der Waals surface area contributed by atoms with Crippen molar-refractivity contribution in [1.29, 1.82) is 0 Å². The van der Waals surface area contributed by atoms with Crippen LogP contribution in [0.15, 0.2) is 0 Å². The van der Waals surface area contributed by atoms with Crippen molar-refractivity contribution in [2.75, 3.05) is 13.2 Å². The fourth-order valence-electron chi connectivity index (χ4n) is 0.736. The van der Waals surface area contributed by atoms with Crippen LogP contribution in [-0.2, 0) is 29.2 Å². The van der Waals surface area contributed by atoms with Crippen LogP contribution in [0.5, 0.6) is 0 Å². The van der Waals surface area contributed by atoms with Crippen LogP contribution in [0.1, 0.15) is 20.8 Å². The van der Waals surface area contributed by atoms with Gasteiger partial charge in [0.05, 0.1) is 0 Å². The summed E-state index contributed by atoms with van der Waals surface area (Å²) in [6.07, 6.45) is -1.48. The first-order valence-corrected chi connectivity index (χ1v) is 4.23. The van der Waals surface area contributed by atoms with Gasteiger partial charge >= 0.3 is 12.1 Å². The van der Waals surface area contributed by atoms with E-state index in [4.69, 9.17) is 14.7 Å². The Balaban J connectivity index is 3.89. The summed E-state index contributed by atoms with van der Waals surface area (Å²) >= 11 is 0. The van der Waals surface area contributed by atoms with E-state index in [1.54, 1.807) is 13.8 Å². The van der Waals surface area contributed by atoms with E-state index in [2.05, 4.69) is 19.7 Å². The molecule has 0 aliphatic carbocycles. The van der Waals surface area contributed by atoms with Gasteiger partial charge in [-0.1, -0.05) is 0 Å². The van der Waals surface area contributed by atoms with Gasteiger partial charge < -0.3 is 9.47 Å². The minimum Gasteiger partial charge on any atom is -0.326 e. The molecule has 8 heteroatoms. The highest BCUT2D eigenvalue weighted by atomic mass is 17.5. The maximum atomic E-state index is 10.2. The Morgan fingerprint density at radius 3 is 2.20 bits per heavy atom. The van der Waals surface area contributed by atoms with Crippen LogP contribution in [0.3, 0.4) is 0 Å². The smallest absolute Gasteiger partial charge is 0.326 e. The molecule has 0 atom stereocenters. The van der Waals surface area contributed by atoms with Crippen molar-refractivity contribution < 1.29 is 39.2 Å². The second kappa shape index (κ2) is 7.37. The van der Waals surface area contributed by atoms with Crippen LogP contribution in [0, 0.1) is 0 Å². The van der Waals surface area contributed by atoms with Crippen LogP contribution in [0.2, 0.25) is 0 Å². The number of hydrogen-bond acceptors (Lipinski definition) is 8. The Morgan fingerprint density at radius 2 is 1.80 bits per heavy atom. The lowest BCUT2D eigenvalue weighted by atomic mass is 10.6. The van der Waals surface area contributed by atoms with Gasteiger partial charge in [0.25, 0.3) is 0 Å². The molecule has 0 aromatic rings. The number of carbonyl (C=O) groups is 1. The normalized spacial score (nSPS) is 11.2. The van der Waals surface area contributed by atoms with E-state index in [-0.39, 0.29) is 0 Å². The first-order chi connectivity index (χ1) is 7.08. The first-order valence-electron chi connectivity index (χ1n) is 4.23. The predicted molar refractivity (Wildman–Crippen MR) is 44.0 cm³/mol. The van der Waals surface area contributed by atoms with Gasteiger partial charge in [0.2, 0.25) is 0 Å². The number of hydrogen-bond donors (Lipinski definition) is 1. The summed E-state index contributed by atoms with van der Waals surface area (Å²) in [6.45, 7) is 5.43. The standard InChI is InChI=1S/C7H14O8/c1-4-10-7(3,11-5-2)14-15-13-6(8)12-9/h9H,4-5H2,1-3H3. The Labute approximate surface area is 86.4 Å². The van der Waals surface area contributed by atoms with Gasteiger partial charge in [0, 0.05) is 20.1 Å². The van der Waals surface area contributed by atoms with Gasteiger partial charge in [-0.05, 0) is 18.9 Å². The molecule has 8 nitrogen and oxygen atoms in total. The summed E-state index contributed by atoms with van der Waals surface area (Å²) in [5, 5.41) is 11.8. The number of carbonyl (C=O) groups excluding carboxylic acids is 1. The molecule has 0 spiro atoms. The third kappa shape index (κ3) is 6.20. The van der Waals surface area contributed by atoms with E-state index in [1.165, 1.54) is 6.92 Å². The highest BCUT2D eigenvalue weighted by molar-refractivity contribution is 5.57. The molecule has 0 amide bonds. The van der Waals surface area contributed by atoms with E-state index in [1.807, 2.05) is 0 Å². The van der Waals surface area contributed by atoms with E-state index in [0.29, 0.717) is 13.2 Å². The topological polar surface area (TPSA) is 92.7 Å². The van der Waals surface area contributed by atoms with E-state index in [0.717, 1.165) is 0 Å². The molecular weight excluding hydrogens is 212 g/mol. The van der Waals surface area contributed by atoms with Crippen LogP contribution in [0.25, 0.3) is 0 Å².